The first-order chi connectivity index (χ1) is 7.97. The summed E-state index contributed by atoms with van der Waals surface area (Å²) in [5.41, 5.74) is 0.947. The maximum atomic E-state index is 11.8. The summed E-state index contributed by atoms with van der Waals surface area (Å²) in [6.07, 6.45) is 1.02. The van der Waals surface area contributed by atoms with Crippen molar-refractivity contribution in [3.8, 4) is 0 Å². The molecule has 0 bridgehead atoms. The Morgan fingerprint density at radius 1 is 1.24 bits per heavy atom. The Hall–Kier alpha value is -1.82. The summed E-state index contributed by atoms with van der Waals surface area (Å²) in [6, 6.07) is 6.23. The monoisotopic (exact) mass is 254 g/mol. The maximum absolute atomic E-state index is 11.8. The van der Waals surface area contributed by atoms with Gasteiger partial charge in [0, 0.05) is 0 Å². The third-order valence-electron chi connectivity index (χ3n) is 2.16. The lowest BCUT2D eigenvalue weighted by molar-refractivity contribution is -0.135. The Labute approximate surface area is 98.8 Å². The average Bonchev–Trinajstić information content (AvgIpc) is 2.63. The van der Waals surface area contributed by atoms with Gasteiger partial charge in [0.1, 0.15) is 4.90 Å². The van der Waals surface area contributed by atoms with Crippen molar-refractivity contribution in [1.29, 1.82) is 0 Å². The quantitative estimate of drug-likeness (QED) is 0.597. The molecule has 1 aromatic rings. The topological polar surface area (TPSA) is 69.7 Å². The first kappa shape index (κ1) is 11.7. The molecule has 0 N–H and O–H groups in total. The molecule has 6 heteroatoms. The van der Waals surface area contributed by atoms with Crippen LogP contribution in [0.4, 0.5) is 0 Å². The zero-order valence-corrected chi connectivity index (χ0v) is 9.86. The first-order valence-corrected chi connectivity index (χ1v) is 6.27. The average molecular weight is 254 g/mol. The predicted molar refractivity (Wildman–Crippen MR) is 58.5 cm³/mol. The van der Waals surface area contributed by atoms with E-state index in [0.717, 1.165) is 11.6 Å². The Kier molecular flexibility index (Phi) is 2.89. The van der Waals surface area contributed by atoms with Crippen molar-refractivity contribution in [2.45, 2.75) is 11.8 Å². The fraction of sp³-hybridized carbons (Fsp3) is 0.182. The highest BCUT2D eigenvalue weighted by Gasteiger charge is 2.22. The highest BCUT2D eigenvalue weighted by atomic mass is 32.2. The number of hydrogen-bond donors (Lipinski definition) is 0. The van der Waals surface area contributed by atoms with Crippen LogP contribution in [0.25, 0.3) is 0 Å². The van der Waals surface area contributed by atoms with Gasteiger partial charge in [-0.25, -0.2) is 4.79 Å². The Morgan fingerprint density at radius 2 is 1.88 bits per heavy atom. The molecule has 1 aromatic carbocycles. The predicted octanol–water partition coefficient (Wildman–Crippen LogP) is 1.14. The molecule has 0 amide bonds. The molecular weight excluding hydrogens is 244 g/mol. The fourth-order valence-electron chi connectivity index (χ4n) is 1.30. The standard InChI is InChI=1S/C11H10O5S/c1-8-2-4-10(5-3-8)17(13,14)16-9-6-11(12)15-7-9/h2-6H,7H2,1H3. The van der Waals surface area contributed by atoms with Crippen LogP contribution in [0.1, 0.15) is 5.56 Å². The minimum atomic E-state index is -3.88. The van der Waals surface area contributed by atoms with Crippen molar-refractivity contribution in [1.82, 2.24) is 0 Å². The van der Waals surface area contributed by atoms with E-state index in [2.05, 4.69) is 4.74 Å². The Bertz CT molecular complexity index is 568. The van der Waals surface area contributed by atoms with Crippen LogP contribution in [0.5, 0.6) is 0 Å². The second-order valence-corrected chi connectivity index (χ2v) is 5.12. The molecule has 0 aliphatic carbocycles. The summed E-state index contributed by atoms with van der Waals surface area (Å²) in [4.78, 5) is 10.8. The van der Waals surface area contributed by atoms with Gasteiger partial charge in [0.05, 0.1) is 6.08 Å². The molecular formula is C11H10O5S. The van der Waals surface area contributed by atoms with Gasteiger partial charge in [-0.05, 0) is 19.1 Å². The van der Waals surface area contributed by atoms with E-state index >= 15 is 0 Å². The minimum absolute atomic E-state index is 0.00410. The Balaban J connectivity index is 2.22. The van der Waals surface area contributed by atoms with Gasteiger partial charge >= 0.3 is 16.1 Å². The number of esters is 1. The zero-order valence-electron chi connectivity index (χ0n) is 9.04. The van der Waals surface area contributed by atoms with E-state index in [-0.39, 0.29) is 17.3 Å². The molecule has 1 aliphatic heterocycles. The summed E-state index contributed by atoms with van der Waals surface area (Å²) in [7, 11) is -3.88. The number of cyclic esters (lactones) is 1. The number of rotatable bonds is 3. The molecule has 1 aliphatic rings. The van der Waals surface area contributed by atoms with Gasteiger partial charge in [-0.3, -0.25) is 0 Å². The lowest BCUT2D eigenvalue weighted by Crippen LogP contribution is -2.07. The highest BCUT2D eigenvalue weighted by Crippen LogP contribution is 2.18. The number of benzene rings is 1. The van der Waals surface area contributed by atoms with Crippen molar-refractivity contribution in [3.05, 3.63) is 41.7 Å². The van der Waals surface area contributed by atoms with Gasteiger partial charge in [0.25, 0.3) is 0 Å². The van der Waals surface area contributed by atoms with E-state index < -0.39 is 16.1 Å². The van der Waals surface area contributed by atoms with Crippen LogP contribution in [-0.4, -0.2) is 21.0 Å². The SMILES string of the molecule is Cc1ccc(S(=O)(=O)OC2=CC(=O)OC2)cc1. The summed E-state index contributed by atoms with van der Waals surface area (Å²) in [6.45, 7) is 1.70. The number of carbonyl (C=O) groups excluding carboxylic acids is 1. The molecule has 0 spiro atoms. The van der Waals surface area contributed by atoms with Gasteiger partial charge in [0.2, 0.25) is 0 Å². The van der Waals surface area contributed by atoms with Gasteiger partial charge < -0.3 is 8.92 Å². The molecule has 1 heterocycles. The smallest absolute Gasteiger partial charge is 0.339 e. The minimum Gasteiger partial charge on any atom is -0.454 e. The maximum Gasteiger partial charge on any atom is 0.339 e. The summed E-state index contributed by atoms with van der Waals surface area (Å²) in [5, 5.41) is 0. The lowest BCUT2D eigenvalue weighted by atomic mass is 10.2. The van der Waals surface area contributed by atoms with Crippen LogP contribution in [0, 0.1) is 6.92 Å². The number of ether oxygens (including phenoxy) is 1. The van der Waals surface area contributed by atoms with Crippen LogP contribution in [-0.2, 0) is 23.8 Å². The molecule has 17 heavy (non-hydrogen) atoms. The number of aryl methyl sites for hydroxylation is 1. The highest BCUT2D eigenvalue weighted by molar-refractivity contribution is 7.86. The van der Waals surface area contributed by atoms with Crippen LogP contribution < -0.4 is 0 Å². The van der Waals surface area contributed by atoms with E-state index in [1.54, 1.807) is 12.1 Å². The van der Waals surface area contributed by atoms with Crippen molar-refractivity contribution >= 4 is 16.1 Å². The van der Waals surface area contributed by atoms with Crippen LogP contribution in [0.15, 0.2) is 41.0 Å². The fourth-order valence-corrected chi connectivity index (χ4v) is 2.24. The zero-order chi connectivity index (χ0) is 12.5. The third-order valence-corrected chi connectivity index (χ3v) is 3.44. The second-order valence-electron chi connectivity index (χ2n) is 3.57. The van der Waals surface area contributed by atoms with E-state index in [9.17, 15) is 13.2 Å². The van der Waals surface area contributed by atoms with Crippen LogP contribution >= 0.6 is 0 Å². The molecule has 2 rings (SSSR count). The molecule has 0 atom stereocenters. The normalized spacial score (nSPS) is 15.4. The summed E-state index contributed by atoms with van der Waals surface area (Å²) in [5.74, 6) is -0.602. The molecule has 0 saturated heterocycles. The van der Waals surface area contributed by atoms with E-state index in [4.69, 9.17) is 4.18 Å². The third kappa shape index (κ3) is 2.65. The molecule has 0 unspecified atom stereocenters. The summed E-state index contributed by atoms with van der Waals surface area (Å²) >= 11 is 0. The largest absolute Gasteiger partial charge is 0.454 e. The van der Waals surface area contributed by atoms with E-state index in [0.29, 0.717) is 0 Å². The lowest BCUT2D eigenvalue weighted by Gasteiger charge is -2.06. The van der Waals surface area contributed by atoms with Crippen molar-refractivity contribution in [3.63, 3.8) is 0 Å². The number of hydrogen-bond acceptors (Lipinski definition) is 5. The van der Waals surface area contributed by atoms with Crippen LogP contribution in [0.2, 0.25) is 0 Å². The van der Waals surface area contributed by atoms with Crippen molar-refractivity contribution in [2.75, 3.05) is 6.61 Å². The molecule has 0 radical (unpaired) electrons. The van der Waals surface area contributed by atoms with E-state index in [1.165, 1.54) is 12.1 Å². The number of carbonyl (C=O) groups is 1. The van der Waals surface area contributed by atoms with Crippen molar-refractivity contribution in [2.24, 2.45) is 0 Å². The van der Waals surface area contributed by atoms with Gasteiger partial charge in [-0.15, -0.1) is 0 Å². The van der Waals surface area contributed by atoms with Crippen molar-refractivity contribution < 1.29 is 22.1 Å². The molecule has 0 saturated carbocycles. The van der Waals surface area contributed by atoms with Gasteiger partial charge in [-0.2, -0.15) is 8.42 Å². The molecule has 0 fully saturated rings. The van der Waals surface area contributed by atoms with Crippen LogP contribution in [0.3, 0.4) is 0 Å². The molecule has 0 aromatic heterocycles. The molecule has 90 valence electrons. The second kappa shape index (κ2) is 4.21. The molecule has 5 nitrogen and oxygen atoms in total. The van der Waals surface area contributed by atoms with Gasteiger partial charge in [-0.1, -0.05) is 17.7 Å². The van der Waals surface area contributed by atoms with Gasteiger partial charge in [0.15, 0.2) is 12.4 Å². The first-order valence-electron chi connectivity index (χ1n) is 4.86. The summed E-state index contributed by atoms with van der Waals surface area (Å²) < 4.78 is 32.9. The van der Waals surface area contributed by atoms with E-state index in [1.807, 2.05) is 6.92 Å². The Morgan fingerprint density at radius 3 is 2.41 bits per heavy atom.